The predicted octanol–water partition coefficient (Wildman–Crippen LogP) is 5.16. The molecule has 2 aliphatic heterocycles. The van der Waals surface area contributed by atoms with Gasteiger partial charge in [-0.3, -0.25) is 4.90 Å². The summed E-state index contributed by atoms with van der Waals surface area (Å²) in [5.41, 5.74) is 4.78. The molecule has 0 spiro atoms. The standard InChI is InChI=1S/C25H21F2N3/c26-21-8-6-18(7-9-21)15-30-17-20-16-29(14-19-3-1-4-22(27)13-19)12-10-23(20)24-5-2-11-28-25(24)30/h1-11,13,17H,12,14-16H2/i17D. The fourth-order valence-corrected chi connectivity index (χ4v) is 4.02. The molecule has 0 aliphatic carbocycles. The highest BCUT2D eigenvalue weighted by atomic mass is 19.1. The molecule has 0 amide bonds. The van der Waals surface area contributed by atoms with Crippen molar-refractivity contribution >= 4 is 11.4 Å². The van der Waals surface area contributed by atoms with Gasteiger partial charge in [0.15, 0.2) is 0 Å². The molecule has 0 radical (unpaired) electrons. The number of halogens is 2. The lowest BCUT2D eigenvalue weighted by Crippen LogP contribution is -2.33. The summed E-state index contributed by atoms with van der Waals surface area (Å²) in [7, 11) is 0. The highest BCUT2D eigenvalue weighted by Crippen LogP contribution is 2.38. The van der Waals surface area contributed by atoms with Crippen LogP contribution in [-0.4, -0.2) is 23.0 Å². The Kier molecular flexibility index (Phi) is 4.58. The monoisotopic (exact) mass is 402 g/mol. The molecule has 1 aromatic heterocycles. The van der Waals surface area contributed by atoms with Crippen LogP contribution in [0, 0.1) is 11.6 Å². The fourth-order valence-electron chi connectivity index (χ4n) is 4.02. The maximum atomic E-state index is 13.6. The molecule has 0 fully saturated rings. The van der Waals surface area contributed by atoms with Gasteiger partial charge in [0.1, 0.15) is 17.5 Å². The zero-order valence-electron chi connectivity index (χ0n) is 17.4. The lowest BCUT2D eigenvalue weighted by atomic mass is 9.92. The first-order chi connectivity index (χ1) is 15.1. The number of aromatic nitrogens is 1. The minimum Gasteiger partial charge on any atom is -0.328 e. The Hall–Kier alpha value is -3.31. The third kappa shape index (κ3) is 3.76. The van der Waals surface area contributed by atoms with Crippen molar-refractivity contribution < 1.29 is 10.2 Å². The third-order valence-electron chi connectivity index (χ3n) is 5.41. The molecule has 2 aliphatic rings. The summed E-state index contributed by atoms with van der Waals surface area (Å²) in [4.78, 5) is 8.62. The van der Waals surface area contributed by atoms with Gasteiger partial charge in [-0.25, -0.2) is 13.8 Å². The zero-order valence-corrected chi connectivity index (χ0v) is 16.4. The van der Waals surface area contributed by atoms with Crippen LogP contribution in [0.4, 0.5) is 14.6 Å². The van der Waals surface area contributed by atoms with Crippen LogP contribution in [0.5, 0.6) is 0 Å². The Morgan fingerprint density at radius 3 is 2.63 bits per heavy atom. The van der Waals surface area contributed by atoms with E-state index in [1.807, 2.05) is 23.1 Å². The topological polar surface area (TPSA) is 19.4 Å². The molecule has 3 nitrogen and oxygen atoms in total. The van der Waals surface area contributed by atoms with E-state index >= 15 is 0 Å². The van der Waals surface area contributed by atoms with Crippen molar-refractivity contribution in [1.82, 2.24) is 9.88 Å². The van der Waals surface area contributed by atoms with Crippen molar-refractivity contribution in [3.05, 3.63) is 113 Å². The molecule has 2 aromatic carbocycles. The molecule has 3 aromatic rings. The highest BCUT2D eigenvalue weighted by Gasteiger charge is 2.27. The first-order valence-electron chi connectivity index (χ1n) is 10.4. The summed E-state index contributed by atoms with van der Waals surface area (Å²) in [5, 5.41) is 0. The fraction of sp³-hybridized carbons (Fsp3) is 0.160. The van der Waals surface area contributed by atoms with Crippen LogP contribution >= 0.6 is 0 Å². The van der Waals surface area contributed by atoms with Crippen LogP contribution in [-0.2, 0) is 13.1 Å². The van der Waals surface area contributed by atoms with E-state index in [4.69, 9.17) is 1.37 Å². The Labute approximate surface area is 176 Å². The van der Waals surface area contributed by atoms with Gasteiger partial charge < -0.3 is 4.90 Å². The number of rotatable bonds is 4. The molecule has 0 unspecified atom stereocenters. The molecule has 3 heterocycles. The quantitative estimate of drug-likeness (QED) is 0.601. The number of nitrogens with zero attached hydrogens (tertiary/aromatic N) is 3. The van der Waals surface area contributed by atoms with E-state index in [1.165, 1.54) is 18.2 Å². The number of benzene rings is 2. The van der Waals surface area contributed by atoms with Crippen molar-refractivity contribution in [3.8, 4) is 0 Å². The number of pyridine rings is 1. The molecule has 30 heavy (non-hydrogen) atoms. The number of hydrogen-bond donors (Lipinski definition) is 0. The van der Waals surface area contributed by atoms with Crippen LogP contribution in [0.2, 0.25) is 0 Å². The van der Waals surface area contributed by atoms with Crippen molar-refractivity contribution in [2.24, 2.45) is 0 Å². The van der Waals surface area contributed by atoms with Crippen molar-refractivity contribution in [2.75, 3.05) is 18.0 Å². The maximum absolute atomic E-state index is 13.6. The molecule has 0 atom stereocenters. The molecule has 5 rings (SSSR count). The normalized spacial score (nSPS) is 16.7. The molecule has 0 saturated carbocycles. The first-order valence-corrected chi connectivity index (χ1v) is 9.93. The van der Waals surface area contributed by atoms with Crippen LogP contribution in [0.25, 0.3) is 5.57 Å². The molecule has 150 valence electrons. The molecular formula is C25H21F2N3. The minimum absolute atomic E-state index is 0.241. The van der Waals surface area contributed by atoms with Gasteiger partial charge >= 0.3 is 0 Å². The van der Waals surface area contributed by atoms with Gasteiger partial charge in [0.05, 0.1) is 1.37 Å². The second-order valence-corrected chi connectivity index (χ2v) is 7.59. The van der Waals surface area contributed by atoms with Gasteiger partial charge in [0.2, 0.25) is 0 Å². The van der Waals surface area contributed by atoms with Crippen molar-refractivity contribution in [3.63, 3.8) is 0 Å². The summed E-state index contributed by atoms with van der Waals surface area (Å²) in [6.45, 7) is 2.35. The van der Waals surface area contributed by atoms with Gasteiger partial charge in [-0.1, -0.05) is 30.3 Å². The van der Waals surface area contributed by atoms with Crippen LogP contribution < -0.4 is 4.90 Å². The van der Waals surface area contributed by atoms with E-state index in [0.717, 1.165) is 40.2 Å². The van der Waals surface area contributed by atoms with Crippen LogP contribution in [0.15, 0.2) is 84.7 Å². The summed E-state index contributed by atoms with van der Waals surface area (Å²) in [6, 6.07) is 16.9. The summed E-state index contributed by atoms with van der Waals surface area (Å²) < 4.78 is 35.9. The Morgan fingerprint density at radius 2 is 1.80 bits per heavy atom. The molecule has 0 N–H and O–H groups in total. The van der Waals surface area contributed by atoms with Gasteiger partial charge in [-0.2, -0.15) is 0 Å². The van der Waals surface area contributed by atoms with Crippen molar-refractivity contribution in [1.29, 1.82) is 0 Å². The summed E-state index contributed by atoms with van der Waals surface area (Å²) >= 11 is 0. The van der Waals surface area contributed by atoms with Gasteiger partial charge in [0, 0.05) is 44.1 Å². The summed E-state index contributed by atoms with van der Waals surface area (Å²) in [5.74, 6) is 0.218. The third-order valence-corrected chi connectivity index (χ3v) is 5.41. The average Bonchev–Trinajstić information content (AvgIpc) is 2.78. The number of fused-ring (bicyclic) bond motifs is 3. The number of anilines is 1. The lowest BCUT2D eigenvalue weighted by Gasteiger charge is -2.35. The molecule has 0 saturated heterocycles. The lowest BCUT2D eigenvalue weighted by molar-refractivity contribution is 0.316. The van der Waals surface area contributed by atoms with Gasteiger partial charge in [-0.15, -0.1) is 0 Å². The smallest absolute Gasteiger partial charge is 0.140 e. The van der Waals surface area contributed by atoms with E-state index in [1.54, 1.807) is 30.5 Å². The van der Waals surface area contributed by atoms with E-state index in [-0.39, 0.29) is 11.6 Å². The molecule has 0 bridgehead atoms. The second kappa shape index (κ2) is 7.84. The second-order valence-electron chi connectivity index (χ2n) is 7.59. The van der Waals surface area contributed by atoms with Crippen molar-refractivity contribution in [2.45, 2.75) is 13.1 Å². The van der Waals surface area contributed by atoms with E-state index in [2.05, 4.69) is 16.0 Å². The molecule has 5 heteroatoms. The van der Waals surface area contributed by atoms with E-state index in [0.29, 0.717) is 25.8 Å². The minimum atomic E-state index is -0.282. The van der Waals surface area contributed by atoms with Crippen LogP contribution in [0.3, 0.4) is 0 Å². The molecular weight excluding hydrogens is 380 g/mol. The van der Waals surface area contributed by atoms with Gasteiger partial charge in [0.25, 0.3) is 0 Å². The van der Waals surface area contributed by atoms with E-state index in [9.17, 15) is 8.78 Å². The Bertz CT molecular complexity index is 1190. The van der Waals surface area contributed by atoms with Crippen LogP contribution in [0.1, 0.15) is 18.1 Å². The van der Waals surface area contributed by atoms with E-state index < -0.39 is 0 Å². The van der Waals surface area contributed by atoms with Gasteiger partial charge in [-0.05, 0) is 58.7 Å². The average molecular weight is 402 g/mol. The largest absolute Gasteiger partial charge is 0.328 e. The predicted molar refractivity (Wildman–Crippen MR) is 115 cm³/mol. The summed E-state index contributed by atoms with van der Waals surface area (Å²) in [6.07, 6.45) is 4.25. The SMILES string of the molecule is [2H]C1=C2CN(Cc3cccc(F)c3)CC=C2c2cccnc2N1Cc1ccc(F)cc1. The highest BCUT2D eigenvalue weighted by molar-refractivity contribution is 5.89. The number of hydrogen-bond acceptors (Lipinski definition) is 3. The Balaban J connectivity index is 1.49. The Morgan fingerprint density at radius 1 is 0.933 bits per heavy atom. The maximum Gasteiger partial charge on any atom is 0.140 e. The zero-order chi connectivity index (χ0) is 21.4. The first kappa shape index (κ1) is 17.5.